The fourth-order valence-electron chi connectivity index (χ4n) is 2.99. The smallest absolute Gasteiger partial charge is 0.408 e. The van der Waals surface area contributed by atoms with Gasteiger partial charge in [-0.2, -0.15) is 0 Å². The molecule has 1 heterocycles. The Morgan fingerprint density at radius 1 is 1.31 bits per heavy atom. The molecule has 8 heteroatoms. The first-order chi connectivity index (χ1) is 12.1. The lowest BCUT2D eigenvalue weighted by atomic mass is 9.76. The molecule has 1 aliphatic carbocycles. The van der Waals surface area contributed by atoms with Crippen LogP contribution in [-0.4, -0.2) is 34.7 Å². The minimum Gasteiger partial charge on any atom is -0.465 e. The molecular weight excluding hydrogens is 358 g/mol. The zero-order valence-corrected chi connectivity index (χ0v) is 16.0. The number of fused-ring (bicyclic) bond motifs is 1. The van der Waals surface area contributed by atoms with Crippen LogP contribution in [0.2, 0.25) is 5.02 Å². The van der Waals surface area contributed by atoms with Gasteiger partial charge in [-0.05, 0) is 52.2 Å². The van der Waals surface area contributed by atoms with Gasteiger partial charge in [-0.3, -0.25) is 0 Å². The number of esters is 1. The van der Waals surface area contributed by atoms with E-state index in [9.17, 15) is 9.59 Å². The Kier molecular flexibility index (Phi) is 4.60. The van der Waals surface area contributed by atoms with Crippen molar-refractivity contribution in [3.8, 4) is 0 Å². The summed E-state index contributed by atoms with van der Waals surface area (Å²) in [5.41, 5.74) is 0.303. The SMILES string of the molecule is COC(=O)c1cc(Cl)c2nc(C3(NC(=O)OC(C)(C)C)CCC3)[nH]c2c1. The van der Waals surface area contributed by atoms with E-state index in [0.29, 0.717) is 27.4 Å². The van der Waals surface area contributed by atoms with Gasteiger partial charge in [-0.25, -0.2) is 14.6 Å². The van der Waals surface area contributed by atoms with Crippen molar-refractivity contribution in [1.29, 1.82) is 0 Å². The highest BCUT2D eigenvalue weighted by Crippen LogP contribution is 2.41. The number of benzene rings is 1. The van der Waals surface area contributed by atoms with E-state index in [1.54, 1.807) is 6.07 Å². The molecule has 0 saturated heterocycles. The topological polar surface area (TPSA) is 93.3 Å². The van der Waals surface area contributed by atoms with Gasteiger partial charge < -0.3 is 19.8 Å². The molecule has 1 fully saturated rings. The van der Waals surface area contributed by atoms with Gasteiger partial charge in [0.25, 0.3) is 0 Å². The summed E-state index contributed by atoms with van der Waals surface area (Å²) in [6.45, 7) is 5.44. The van der Waals surface area contributed by atoms with Crippen LogP contribution in [0.15, 0.2) is 12.1 Å². The Morgan fingerprint density at radius 2 is 2.00 bits per heavy atom. The minimum atomic E-state index is -0.615. The second-order valence-electron chi connectivity index (χ2n) is 7.49. The third-order valence-electron chi connectivity index (χ3n) is 4.36. The Bertz CT molecular complexity index is 865. The Hall–Kier alpha value is -2.28. The molecule has 0 radical (unpaired) electrons. The van der Waals surface area contributed by atoms with Crippen molar-refractivity contribution >= 4 is 34.7 Å². The summed E-state index contributed by atoms with van der Waals surface area (Å²) >= 11 is 6.28. The summed E-state index contributed by atoms with van der Waals surface area (Å²) < 4.78 is 10.1. The molecule has 7 nitrogen and oxygen atoms in total. The number of halogens is 1. The summed E-state index contributed by atoms with van der Waals surface area (Å²) in [5, 5.41) is 3.29. The number of carbonyl (C=O) groups excluding carboxylic acids is 2. The van der Waals surface area contributed by atoms with E-state index in [0.717, 1.165) is 19.3 Å². The summed E-state index contributed by atoms with van der Waals surface area (Å²) in [6.07, 6.45) is 1.97. The molecule has 1 amide bonds. The highest BCUT2D eigenvalue weighted by atomic mass is 35.5. The second-order valence-corrected chi connectivity index (χ2v) is 7.90. The number of hydrogen-bond donors (Lipinski definition) is 2. The first kappa shape index (κ1) is 18.5. The van der Waals surface area contributed by atoms with Crippen LogP contribution in [0, 0.1) is 0 Å². The van der Waals surface area contributed by atoms with Gasteiger partial charge in [0.15, 0.2) is 0 Å². The first-order valence-electron chi connectivity index (χ1n) is 8.43. The summed E-state index contributed by atoms with van der Waals surface area (Å²) in [7, 11) is 1.31. The summed E-state index contributed by atoms with van der Waals surface area (Å²) in [6, 6.07) is 3.17. The Labute approximate surface area is 156 Å². The number of H-pyrrole nitrogens is 1. The van der Waals surface area contributed by atoms with E-state index >= 15 is 0 Å². The molecule has 0 atom stereocenters. The average molecular weight is 380 g/mol. The van der Waals surface area contributed by atoms with Gasteiger partial charge in [-0.15, -0.1) is 0 Å². The zero-order chi connectivity index (χ0) is 19.1. The standard InChI is InChI=1S/C18H22ClN3O4/c1-17(2,3)26-16(24)22-18(6-5-7-18)15-20-12-9-10(14(23)25-4)8-11(19)13(12)21-15/h8-9H,5-7H2,1-4H3,(H,20,21)(H,22,24). The Morgan fingerprint density at radius 3 is 2.54 bits per heavy atom. The average Bonchev–Trinajstić information content (AvgIpc) is 2.93. The molecule has 1 aromatic carbocycles. The zero-order valence-electron chi connectivity index (χ0n) is 15.2. The lowest BCUT2D eigenvalue weighted by Gasteiger charge is -2.40. The van der Waals surface area contributed by atoms with Crippen molar-refractivity contribution in [3.63, 3.8) is 0 Å². The largest absolute Gasteiger partial charge is 0.465 e. The molecule has 1 aromatic heterocycles. The normalized spacial score (nSPS) is 16.0. The van der Waals surface area contributed by atoms with Crippen molar-refractivity contribution in [2.24, 2.45) is 0 Å². The van der Waals surface area contributed by atoms with E-state index < -0.39 is 23.2 Å². The highest BCUT2D eigenvalue weighted by Gasteiger charge is 2.44. The van der Waals surface area contributed by atoms with Crippen LogP contribution in [0.25, 0.3) is 11.0 Å². The van der Waals surface area contributed by atoms with Crippen molar-refractivity contribution in [2.45, 2.75) is 51.2 Å². The number of carbonyl (C=O) groups is 2. The number of rotatable bonds is 3. The minimum absolute atomic E-state index is 0.336. The van der Waals surface area contributed by atoms with E-state index in [1.807, 2.05) is 20.8 Å². The number of aromatic nitrogens is 2. The van der Waals surface area contributed by atoms with Crippen LogP contribution in [0.4, 0.5) is 4.79 Å². The maximum Gasteiger partial charge on any atom is 0.408 e. The van der Waals surface area contributed by atoms with Crippen molar-refractivity contribution in [1.82, 2.24) is 15.3 Å². The molecule has 0 spiro atoms. The maximum absolute atomic E-state index is 12.2. The van der Waals surface area contributed by atoms with Crippen LogP contribution in [-0.2, 0) is 15.0 Å². The van der Waals surface area contributed by atoms with Crippen LogP contribution in [0.3, 0.4) is 0 Å². The molecule has 1 saturated carbocycles. The van der Waals surface area contributed by atoms with E-state index in [4.69, 9.17) is 21.1 Å². The number of alkyl carbamates (subject to hydrolysis) is 1. The van der Waals surface area contributed by atoms with Gasteiger partial charge in [-0.1, -0.05) is 11.6 Å². The maximum atomic E-state index is 12.2. The van der Waals surface area contributed by atoms with Crippen molar-refractivity contribution in [2.75, 3.05) is 7.11 Å². The van der Waals surface area contributed by atoms with Crippen LogP contribution in [0.1, 0.15) is 56.2 Å². The summed E-state index contributed by atoms with van der Waals surface area (Å²) in [5.74, 6) is 0.128. The number of aromatic amines is 1. The molecule has 2 aromatic rings. The fraction of sp³-hybridized carbons (Fsp3) is 0.500. The first-order valence-corrected chi connectivity index (χ1v) is 8.80. The lowest BCUT2D eigenvalue weighted by molar-refractivity contribution is 0.0366. The second kappa shape index (κ2) is 6.46. The lowest BCUT2D eigenvalue weighted by Crippen LogP contribution is -2.52. The van der Waals surface area contributed by atoms with E-state index in [-0.39, 0.29) is 0 Å². The summed E-state index contributed by atoms with van der Waals surface area (Å²) in [4.78, 5) is 31.8. The van der Waals surface area contributed by atoms with Gasteiger partial charge in [0.05, 0.1) is 23.2 Å². The number of nitrogens with one attached hydrogen (secondary N) is 2. The van der Waals surface area contributed by atoms with Crippen LogP contribution < -0.4 is 5.32 Å². The number of nitrogens with zero attached hydrogens (tertiary/aromatic N) is 1. The molecule has 2 N–H and O–H groups in total. The molecule has 0 unspecified atom stereocenters. The molecule has 3 rings (SSSR count). The van der Waals surface area contributed by atoms with Crippen LogP contribution in [0.5, 0.6) is 0 Å². The third kappa shape index (κ3) is 3.49. The molecule has 0 aliphatic heterocycles. The predicted octanol–water partition coefficient (Wildman–Crippen LogP) is 3.91. The molecule has 1 aliphatic rings. The van der Waals surface area contributed by atoms with E-state index in [1.165, 1.54) is 13.2 Å². The van der Waals surface area contributed by atoms with Crippen LogP contribution >= 0.6 is 11.6 Å². The van der Waals surface area contributed by atoms with E-state index in [2.05, 4.69) is 15.3 Å². The van der Waals surface area contributed by atoms with Crippen molar-refractivity contribution in [3.05, 3.63) is 28.5 Å². The molecule has 26 heavy (non-hydrogen) atoms. The number of imidazole rings is 1. The highest BCUT2D eigenvalue weighted by molar-refractivity contribution is 6.35. The van der Waals surface area contributed by atoms with Gasteiger partial charge in [0, 0.05) is 0 Å². The third-order valence-corrected chi connectivity index (χ3v) is 4.65. The number of methoxy groups -OCH3 is 1. The molecule has 0 bridgehead atoms. The fourth-order valence-corrected chi connectivity index (χ4v) is 3.25. The van der Waals surface area contributed by atoms with Crippen molar-refractivity contribution < 1.29 is 19.1 Å². The van der Waals surface area contributed by atoms with Gasteiger partial charge >= 0.3 is 12.1 Å². The quantitative estimate of drug-likeness (QED) is 0.788. The number of hydrogen-bond acceptors (Lipinski definition) is 5. The molecular formula is C18H22ClN3O4. The van der Waals surface area contributed by atoms with Gasteiger partial charge in [0.1, 0.15) is 22.5 Å². The monoisotopic (exact) mass is 379 g/mol. The predicted molar refractivity (Wildman–Crippen MR) is 97.3 cm³/mol. The molecule has 140 valence electrons. The van der Waals surface area contributed by atoms with Gasteiger partial charge in [0.2, 0.25) is 0 Å². The number of ether oxygens (including phenoxy) is 2. The number of amides is 1. The Balaban J connectivity index is 1.94.